The first kappa shape index (κ1) is 13.8. The van der Waals surface area contributed by atoms with Crippen LogP contribution in [0, 0.1) is 35.3 Å². The van der Waals surface area contributed by atoms with Crippen molar-refractivity contribution in [3.8, 4) is 0 Å². The lowest BCUT2D eigenvalue weighted by molar-refractivity contribution is 0.142. The lowest BCUT2D eigenvalue weighted by Crippen LogP contribution is -2.40. The third-order valence-corrected chi connectivity index (χ3v) is 6.37. The van der Waals surface area contributed by atoms with E-state index in [1.54, 1.807) is 6.92 Å². The van der Waals surface area contributed by atoms with E-state index in [1.807, 2.05) is 0 Å². The Kier molecular flexibility index (Phi) is 2.90. The molecule has 1 nitrogen and oxygen atoms in total. The smallest absolute Gasteiger partial charge is 0.146 e. The van der Waals surface area contributed by atoms with Gasteiger partial charge in [-0.05, 0) is 54.6 Å². The van der Waals surface area contributed by atoms with E-state index in [2.05, 4.69) is 26.1 Å². The number of fused-ring (bicyclic) bond motifs is 2. The fourth-order valence-corrected chi connectivity index (χ4v) is 4.37. The van der Waals surface area contributed by atoms with Crippen molar-refractivity contribution in [1.82, 2.24) is 0 Å². The van der Waals surface area contributed by atoms with Crippen LogP contribution in [0.5, 0.6) is 0 Å². The van der Waals surface area contributed by atoms with Gasteiger partial charge in [0.25, 0.3) is 0 Å². The van der Waals surface area contributed by atoms with Gasteiger partial charge >= 0.3 is 0 Å². The molecule has 2 aliphatic rings. The quantitative estimate of drug-likeness (QED) is 0.812. The van der Waals surface area contributed by atoms with Crippen molar-refractivity contribution < 1.29 is 8.78 Å². The molecule has 1 N–H and O–H groups in total. The molecular weight excluding hydrogens is 256 g/mol. The van der Waals surface area contributed by atoms with Crippen molar-refractivity contribution in [2.75, 3.05) is 5.32 Å². The summed E-state index contributed by atoms with van der Waals surface area (Å²) in [5, 5.41) is 3.29. The molecule has 0 radical (unpaired) electrons. The fourth-order valence-electron chi connectivity index (χ4n) is 4.37. The zero-order valence-electron chi connectivity index (χ0n) is 12.7. The van der Waals surface area contributed by atoms with E-state index in [0.29, 0.717) is 17.2 Å². The average Bonchev–Trinajstić information content (AvgIpc) is 2.69. The highest BCUT2D eigenvalue weighted by Crippen LogP contribution is 2.65. The predicted molar refractivity (Wildman–Crippen MR) is 77.7 cm³/mol. The summed E-state index contributed by atoms with van der Waals surface area (Å²) >= 11 is 0. The van der Waals surface area contributed by atoms with Crippen molar-refractivity contribution in [2.24, 2.45) is 16.7 Å². The monoisotopic (exact) mass is 279 g/mol. The Hall–Kier alpha value is -1.12. The van der Waals surface area contributed by atoms with Gasteiger partial charge in [0.15, 0.2) is 0 Å². The SMILES string of the molecule is Cc1cc(F)c(NC2CC3CCC2(C)C3(C)C)cc1F. The van der Waals surface area contributed by atoms with Crippen LogP contribution in [0.2, 0.25) is 0 Å². The lowest BCUT2D eigenvalue weighted by Gasteiger charge is -2.40. The van der Waals surface area contributed by atoms with E-state index >= 15 is 0 Å². The Bertz CT molecular complexity index is 552. The Morgan fingerprint density at radius 1 is 1.15 bits per heavy atom. The number of hydrogen-bond donors (Lipinski definition) is 1. The summed E-state index contributed by atoms with van der Waals surface area (Å²) in [5.41, 5.74) is 1.09. The number of benzene rings is 1. The zero-order chi connectivity index (χ0) is 14.7. The maximum absolute atomic E-state index is 14.0. The number of nitrogens with one attached hydrogen (secondary N) is 1. The van der Waals surface area contributed by atoms with Crippen molar-refractivity contribution >= 4 is 5.69 Å². The molecule has 0 heterocycles. The van der Waals surface area contributed by atoms with E-state index in [0.717, 1.165) is 12.8 Å². The highest BCUT2D eigenvalue weighted by atomic mass is 19.1. The van der Waals surface area contributed by atoms with Gasteiger partial charge in [0.2, 0.25) is 0 Å². The van der Waals surface area contributed by atoms with Crippen molar-refractivity contribution in [1.29, 1.82) is 0 Å². The normalized spacial score (nSPS) is 34.5. The van der Waals surface area contributed by atoms with Gasteiger partial charge in [-0.25, -0.2) is 8.78 Å². The molecule has 0 aliphatic heterocycles. The van der Waals surface area contributed by atoms with E-state index in [-0.39, 0.29) is 28.5 Å². The van der Waals surface area contributed by atoms with Gasteiger partial charge in [0.05, 0.1) is 5.69 Å². The maximum Gasteiger partial charge on any atom is 0.146 e. The second-order valence-electron chi connectivity index (χ2n) is 7.39. The number of hydrogen-bond acceptors (Lipinski definition) is 1. The number of anilines is 1. The van der Waals surface area contributed by atoms with Crippen LogP contribution >= 0.6 is 0 Å². The largest absolute Gasteiger partial charge is 0.379 e. The molecule has 1 aromatic carbocycles. The fraction of sp³-hybridized carbons (Fsp3) is 0.647. The molecule has 2 aliphatic carbocycles. The molecule has 20 heavy (non-hydrogen) atoms. The zero-order valence-corrected chi connectivity index (χ0v) is 12.7. The standard InChI is InChI=1S/C17H23F2N/c1-10-7-13(19)14(9-12(10)18)20-15-8-11-5-6-17(15,4)16(11,2)3/h7,9,11,15,20H,5-6,8H2,1-4H3. The summed E-state index contributed by atoms with van der Waals surface area (Å²) in [6, 6.07) is 2.80. The van der Waals surface area contributed by atoms with Crippen molar-refractivity contribution in [3.05, 3.63) is 29.3 Å². The van der Waals surface area contributed by atoms with Crippen LogP contribution in [0.25, 0.3) is 0 Å². The first-order valence-corrected chi connectivity index (χ1v) is 7.48. The number of aryl methyl sites for hydroxylation is 1. The Morgan fingerprint density at radius 2 is 1.85 bits per heavy atom. The summed E-state index contributed by atoms with van der Waals surface area (Å²) in [5.74, 6) is -0.0158. The molecule has 1 aromatic rings. The van der Waals surface area contributed by atoms with Gasteiger partial charge in [0.1, 0.15) is 11.6 Å². The molecule has 3 rings (SSSR count). The number of rotatable bonds is 2. The second kappa shape index (κ2) is 4.19. The van der Waals surface area contributed by atoms with Gasteiger partial charge < -0.3 is 5.32 Å². The molecule has 0 aromatic heterocycles. The van der Waals surface area contributed by atoms with E-state index in [1.165, 1.54) is 18.6 Å². The third kappa shape index (κ3) is 1.71. The van der Waals surface area contributed by atoms with Gasteiger partial charge in [-0.1, -0.05) is 20.8 Å². The molecule has 3 atom stereocenters. The van der Waals surface area contributed by atoms with Crippen molar-refractivity contribution in [3.63, 3.8) is 0 Å². The van der Waals surface area contributed by atoms with Crippen LogP contribution in [-0.4, -0.2) is 6.04 Å². The molecular formula is C17H23F2N. The third-order valence-electron chi connectivity index (χ3n) is 6.37. The van der Waals surface area contributed by atoms with Crippen LogP contribution in [0.15, 0.2) is 12.1 Å². The summed E-state index contributed by atoms with van der Waals surface area (Å²) in [6.07, 6.45) is 3.48. The maximum atomic E-state index is 14.0. The second-order valence-corrected chi connectivity index (χ2v) is 7.39. The first-order chi connectivity index (χ1) is 9.25. The molecule has 0 amide bonds. The Balaban J connectivity index is 1.89. The average molecular weight is 279 g/mol. The van der Waals surface area contributed by atoms with E-state index < -0.39 is 0 Å². The minimum absolute atomic E-state index is 0.158. The van der Waals surface area contributed by atoms with Crippen LogP contribution in [0.3, 0.4) is 0 Å². The van der Waals surface area contributed by atoms with Crippen LogP contribution in [-0.2, 0) is 0 Å². The topological polar surface area (TPSA) is 12.0 Å². The lowest BCUT2D eigenvalue weighted by atomic mass is 9.69. The molecule has 0 saturated heterocycles. The van der Waals surface area contributed by atoms with Gasteiger partial charge in [-0.3, -0.25) is 0 Å². The van der Waals surface area contributed by atoms with Crippen LogP contribution in [0.1, 0.15) is 45.6 Å². The molecule has 0 spiro atoms. The first-order valence-electron chi connectivity index (χ1n) is 7.48. The molecule has 2 bridgehead atoms. The van der Waals surface area contributed by atoms with Gasteiger partial charge in [-0.2, -0.15) is 0 Å². The van der Waals surface area contributed by atoms with Gasteiger partial charge in [0, 0.05) is 12.1 Å². The molecule has 3 unspecified atom stereocenters. The van der Waals surface area contributed by atoms with E-state index in [4.69, 9.17) is 0 Å². The minimum atomic E-state index is -0.354. The Morgan fingerprint density at radius 3 is 2.40 bits per heavy atom. The van der Waals surface area contributed by atoms with E-state index in [9.17, 15) is 8.78 Å². The van der Waals surface area contributed by atoms with Gasteiger partial charge in [-0.15, -0.1) is 0 Å². The van der Waals surface area contributed by atoms with Crippen LogP contribution < -0.4 is 5.32 Å². The summed E-state index contributed by atoms with van der Waals surface area (Å²) < 4.78 is 27.7. The molecule has 2 fully saturated rings. The summed E-state index contributed by atoms with van der Waals surface area (Å²) in [4.78, 5) is 0. The van der Waals surface area contributed by atoms with Crippen molar-refractivity contribution in [2.45, 2.75) is 53.0 Å². The summed E-state index contributed by atoms with van der Waals surface area (Å²) in [6.45, 7) is 8.52. The Labute approximate surface area is 119 Å². The molecule has 2 saturated carbocycles. The number of halogens is 2. The highest BCUT2D eigenvalue weighted by Gasteiger charge is 2.61. The van der Waals surface area contributed by atoms with Crippen LogP contribution in [0.4, 0.5) is 14.5 Å². The highest BCUT2D eigenvalue weighted by molar-refractivity contribution is 5.48. The molecule has 110 valence electrons. The molecule has 3 heteroatoms. The summed E-state index contributed by atoms with van der Waals surface area (Å²) in [7, 11) is 0. The predicted octanol–water partition coefficient (Wildman–Crippen LogP) is 4.90. The minimum Gasteiger partial charge on any atom is -0.379 e.